The summed E-state index contributed by atoms with van der Waals surface area (Å²) in [6, 6.07) is 17.5. The van der Waals surface area contributed by atoms with Gasteiger partial charge in [0, 0.05) is 34.4 Å². The van der Waals surface area contributed by atoms with Gasteiger partial charge in [-0.05, 0) is 68.0 Å². The second-order valence-electron chi connectivity index (χ2n) is 9.99. The average Bonchev–Trinajstić information content (AvgIpc) is 3.57. The van der Waals surface area contributed by atoms with E-state index in [1.807, 2.05) is 17.0 Å². The van der Waals surface area contributed by atoms with Gasteiger partial charge in [0.05, 0.1) is 11.1 Å². The van der Waals surface area contributed by atoms with Crippen molar-refractivity contribution in [3.8, 4) is 11.1 Å². The third kappa shape index (κ3) is 5.66. The number of carbonyl (C=O) groups excluding carboxylic acids is 2. The zero-order valence-electron chi connectivity index (χ0n) is 21.1. The van der Waals surface area contributed by atoms with Gasteiger partial charge in [0.2, 0.25) is 5.78 Å². The molecule has 2 fully saturated rings. The molecule has 2 aliphatic rings. The Labute approximate surface area is 231 Å². The number of Topliss-reactive ketones (excluding diaryl/α,β-unsaturated/α-hetero) is 1. The fourth-order valence-corrected chi connectivity index (χ4v) is 6.27. The third-order valence-electron chi connectivity index (χ3n) is 7.25. The van der Waals surface area contributed by atoms with Crippen LogP contribution < -0.4 is 5.32 Å². The lowest BCUT2D eigenvalue weighted by molar-refractivity contribution is -0.139. The van der Waals surface area contributed by atoms with E-state index in [-0.39, 0.29) is 11.4 Å². The number of aliphatic hydroxyl groups is 1. The first kappa shape index (κ1) is 26.9. The summed E-state index contributed by atoms with van der Waals surface area (Å²) in [6.45, 7) is 3.05. The highest BCUT2D eigenvalue weighted by Crippen LogP contribution is 2.43. The number of amides is 1. The van der Waals surface area contributed by atoms with Crippen LogP contribution in [0.1, 0.15) is 48.5 Å². The van der Waals surface area contributed by atoms with Gasteiger partial charge in [-0.3, -0.25) is 14.5 Å². The largest absolute Gasteiger partial charge is 0.369 e. The summed E-state index contributed by atoms with van der Waals surface area (Å²) >= 11 is 8.36. The zero-order chi connectivity index (χ0) is 26.9. The molecule has 3 aromatic rings. The Bertz CT molecular complexity index is 1320. The molecule has 1 saturated heterocycles. The van der Waals surface area contributed by atoms with Gasteiger partial charge in [0.15, 0.2) is 5.72 Å². The third-order valence-corrected chi connectivity index (χ3v) is 9.08. The Kier molecular flexibility index (Phi) is 7.91. The van der Waals surface area contributed by atoms with Crippen molar-refractivity contribution in [2.45, 2.75) is 54.5 Å². The van der Waals surface area contributed by atoms with Crippen LogP contribution in [0.3, 0.4) is 0 Å². The van der Waals surface area contributed by atoms with Crippen molar-refractivity contribution in [2.75, 3.05) is 13.1 Å². The number of likely N-dealkylation sites (tertiary alicyclic amines) is 1. The van der Waals surface area contributed by atoms with Crippen molar-refractivity contribution in [1.29, 1.82) is 0 Å². The SMILES string of the molecule is C[C@@H](NC(=O)C(=O)c1ccc(-c2ccc(F)cc2)cc1)[C@@](O)(c1ccc(SC2CC2)c(Cl)c1)N1CCCC1. The van der Waals surface area contributed by atoms with E-state index in [1.165, 1.54) is 25.0 Å². The van der Waals surface area contributed by atoms with Gasteiger partial charge < -0.3 is 10.4 Å². The van der Waals surface area contributed by atoms with Crippen molar-refractivity contribution >= 4 is 35.1 Å². The van der Waals surface area contributed by atoms with E-state index >= 15 is 0 Å². The quantitative estimate of drug-likeness (QED) is 0.251. The van der Waals surface area contributed by atoms with Crippen LogP contribution in [0, 0.1) is 5.82 Å². The van der Waals surface area contributed by atoms with Gasteiger partial charge in [-0.1, -0.05) is 54.1 Å². The minimum Gasteiger partial charge on any atom is -0.369 e. The van der Waals surface area contributed by atoms with Crippen molar-refractivity contribution in [3.63, 3.8) is 0 Å². The summed E-state index contributed by atoms with van der Waals surface area (Å²) in [6.07, 6.45) is 4.25. The smallest absolute Gasteiger partial charge is 0.292 e. The lowest BCUT2D eigenvalue weighted by Gasteiger charge is -2.42. The maximum atomic E-state index is 13.2. The number of rotatable bonds is 9. The normalized spacial score (nSPS) is 18.1. The Morgan fingerprint density at radius 2 is 1.63 bits per heavy atom. The fraction of sp³-hybridized carbons (Fsp3) is 0.333. The monoisotopic (exact) mass is 552 g/mol. The molecule has 2 N–H and O–H groups in total. The zero-order valence-corrected chi connectivity index (χ0v) is 22.7. The first-order chi connectivity index (χ1) is 18.3. The molecule has 0 bridgehead atoms. The van der Waals surface area contributed by atoms with Crippen molar-refractivity contribution in [2.24, 2.45) is 0 Å². The van der Waals surface area contributed by atoms with E-state index in [2.05, 4.69) is 5.32 Å². The molecule has 5 nitrogen and oxygen atoms in total. The maximum Gasteiger partial charge on any atom is 0.292 e. The molecule has 1 amide bonds. The van der Waals surface area contributed by atoms with Crippen molar-refractivity contribution in [1.82, 2.24) is 10.2 Å². The number of hydrogen-bond donors (Lipinski definition) is 2. The van der Waals surface area contributed by atoms with Crippen LogP contribution >= 0.6 is 23.4 Å². The second-order valence-corrected chi connectivity index (χ2v) is 11.7. The highest BCUT2D eigenvalue weighted by Gasteiger charge is 2.44. The molecule has 1 saturated carbocycles. The van der Waals surface area contributed by atoms with Crippen LogP contribution in [-0.4, -0.2) is 46.1 Å². The lowest BCUT2D eigenvalue weighted by atomic mass is 9.93. The Morgan fingerprint density at radius 3 is 2.21 bits per heavy atom. The first-order valence-electron chi connectivity index (χ1n) is 12.9. The van der Waals surface area contributed by atoms with E-state index in [4.69, 9.17) is 11.6 Å². The molecular weight excluding hydrogens is 523 g/mol. The highest BCUT2D eigenvalue weighted by molar-refractivity contribution is 8.00. The molecule has 5 rings (SSSR count). The van der Waals surface area contributed by atoms with Crippen LogP contribution in [0.25, 0.3) is 11.1 Å². The van der Waals surface area contributed by atoms with E-state index in [0.29, 0.717) is 28.9 Å². The lowest BCUT2D eigenvalue weighted by Crippen LogP contribution is -2.59. The molecule has 0 aromatic heterocycles. The van der Waals surface area contributed by atoms with Gasteiger partial charge in [0.1, 0.15) is 5.82 Å². The first-order valence-corrected chi connectivity index (χ1v) is 14.2. The average molecular weight is 553 g/mol. The molecule has 3 aromatic carbocycles. The minimum atomic E-state index is -1.52. The number of ketones is 1. The Balaban J connectivity index is 1.33. The van der Waals surface area contributed by atoms with E-state index < -0.39 is 23.5 Å². The van der Waals surface area contributed by atoms with Crippen LogP contribution in [0.2, 0.25) is 5.02 Å². The molecule has 0 radical (unpaired) electrons. The van der Waals surface area contributed by atoms with Gasteiger partial charge in [-0.25, -0.2) is 4.39 Å². The summed E-state index contributed by atoms with van der Waals surface area (Å²) in [5, 5.41) is 16.0. The number of nitrogens with one attached hydrogen (secondary N) is 1. The molecule has 1 heterocycles. The summed E-state index contributed by atoms with van der Waals surface area (Å²) in [7, 11) is 0. The molecule has 38 heavy (non-hydrogen) atoms. The highest BCUT2D eigenvalue weighted by atomic mass is 35.5. The van der Waals surface area contributed by atoms with Crippen LogP contribution in [-0.2, 0) is 10.5 Å². The van der Waals surface area contributed by atoms with Gasteiger partial charge in [-0.15, -0.1) is 11.8 Å². The van der Waals surface area contributed by atoms with Crippen molar-refractivity contribution < 1.29 is 19.1 Å². The number of carbonyl (C=O) groups is 2. The maximum absolute atomic E-state index is 13.2. The van der Waals surface area contributed by atoms with Crippen LogP contribution in [0.5, 0.6) is 0 Å². The summed E-state index contributed by atoms with van der Waals surface area (Å²) in [5.74, 6) is -1.81. The number of benzene rings is 3. The topological polar surface area (TPSA) is 69.6 Å². The molecule has 0 spiro atoms. The molecule has 2 atom stereocenters. The Morgan fingerprint density at radius 1 is 1.03 bits per heavy atom. The predicted molar refractivity (Wildman–Crippen MR) is 149 cm³/mol. The van der Waals surface area contributed by atoms with E-state index in [9.17, 15) is 19.1 Å². The molecule has 1 aliphatic carbocycles. The fourth-order valence-electron chi connectivity index (χ4n) is 4.91. The molecule has 8 heteroatoms. The standard InChI is InChI=1S/C30H30ClFN2O3S/c1-19(33-29(36)28(35)22-6-4-20(5-7-22)21-8-11-24(32)12-9-21)30(37,34-16-2-3-17-34)23-10-15-27(26(31)18-23)38-25-13-14-25/h4-12,15,18-19,25,37H,2-3,13-14,16-17H2,1H3,(H,33,36)/t19-,30-/m1/s1. The van der Waals surface area contributed by atoms with Gasteiger partial charge in [-0.2, -0.15) is 0 Å². The van der Waals surface area contributed by atoms with E-state index in [0.717, 1.165) is 28.9 Å². The van der Waals surface area contributed by atoms with E-state index in [1.54, 1.807) is 61.2 Å². The summed E-state index contributed by atoms with van der Waals surface area (Å²) in [5.41, 5.74) is 0.909. The molecule has 198 valence electrons. The minimum absolute atomic E-state index is 0.231. The number of nitrogens with zero attached hydrogens (tertiary/aromatic N) is 1. The number of halogens is 2. The Hall–Kier alpha value is -2.71. The van der Waals surface area contributed by atoms with Crippen LogP contribution in [0.15, 0.2) is 71.6 Å². The van der Waals surface area contributed by atoms with Gasteiger partial charge in [0.25, 0.3) is 5.91 Å². The van der Waals surface area contributed by atoms with Crippen molar-refractivity contribution in [3.05, 3.63) is 88.7 Å². The van der Waals surface area contributed by atoms with Crippen LogP contribution in [0.4, 0.5) is 4.39 Å². The predicted octanol–water partition coefficient (Wildman–Crippen LogP) is 6.03. The summed E-state index contributed by atoms with van der Waals surface area (Å²) in [4.78, 5) is 28.9. The molecular formula is C30H30ClFN2O3S. The number of thioether (sulfide) groups is 1. The molecule has 0 unspecified atom stereocenters. The second kappa shape index (κ2) is 11.2. The summed E-state index contributed by atoms with van der Waals surface area (Å²) < 4.78 is 13.2. The number of hydrogen-bond acceptors (Lipinski definition) is 5. The molecule has 1 aliphatic heterocycles. The van der Waals surface area contributed by atoms with Gasteiger partial charge >= 0.3 is 0 Å².